The molecule has 20 heavy (non-hydrogen) atoms. The van der Waals surface area contributed by atoms with Crippen molar-refractivity contribution in [3.8, 4) is 0 Å². The molecule has 2 aromatic carbocycles. The molecule has 1 aliphatic heterocycles. The Kier molecular flexibility index (Phi) is 3.73. The lowest BCUT2D eigenvalue weighted by atomic mass is 10.1. The molecular formula is C18H20N2. The highest BCUT2D eigenvalue weighted by Crippen LogP contribution is 2.26. The van der Waals surface area contributed by atoms with Crippen LogP contribution in [0.1, 0.15) is 12.5 Å². The second kappa shape index (κ2) is 5.83. The Labute approximate surface area is 121 Å². The van der Waals surface area contributed by atoms with Crippen LogP contribution in [0.15, 0.2) is 73.1 Å². The number of benzene rings is 2. The molecule has 0 spiro atoms. The maximum atomic E-state index is 2.39. The van der Waals surface area contributed by atoms with E-state index in [1.165, 1.54) is 11.3 Å². The van der Waals surface area contributed by atoms with Crippen molar-refractivity contribution >= 4 is 5.69 Å². The molecule has 102 valence electrons. The van der Waals surface area contributed by atoms with E-state index in [4.69, 9.17) is 0 Å². The van der Waals surface area contributed by atoms with E-state index in [1.807, 2.05) is 0 Å². The summed E-state index contributed by atoms with van der Waals surface area (Å²) >= 11 is 0. The van der Waals surface area contributed by atoms with E-state index >= 15 is 0 Å². The summed E-state index contributed by atoms with van der Waals surface area (Å²) in [5, 5.41) is 0. The molecule has 0 amide bonds. The predicted octanol–water partition coefficient (Wildman–Crippen LogP) is 3.87. The monoisotopic (exact) mass is 264 g/mol. The Morgan fingerprint density at radius 2 is 1.50 bits per heavy atom. The Morgan fingerprint density at radius 1 is 0.850 bits per heavy atom. The van der Waals surface area contributed by atoms with Gasteiger partial charge in [-0.05, 0) is 24.6 Å². The summed E-state index contributed by atoms with van der Waals surface area (Å²) < 4.78 is 0. The van der Waals surface area contributed by atoms with Gasteiger partial charge in [-0.1, -0.05) is 48.5 Å². The summed E-state index contributed by atoms with van der Waals surface area (Å²) in [6.07, 6.45) is 5.77. The van der Waals surface area contributed by atoms with Crippen molar-refractivity contribution < 1.29 is 0 Å². The van der Waals surface area contributed by atoms with Crippen molar-refractivity contribution in [2.75, 3.05) is 11.4 Å². The van der Waals surface area contributed by atoms with Crippen molar-refractivity contribution in [3.63, 3.8) is 0 Å². The van der Waals surface area contributed by atoms with Crippen molar-refractivity contribution in [1.82, 2.24) is 4.90 Å². The number of hydrogen-bond acceptors (Lipinski definition) is 2. The van der Waals surface area contributed by atoms with Gasteiger partial charge in [0.05, 0.1) is 0 Å². The standard InChI is InChI=1S/C18H20N2/c1-2-19-13-14-20(17-11-7-4-8-12-17)18(19)15-16-9-5-3-6-10-16/h3-14,18H,2,15H2,1H3. The maximum Gasteiger partial charge on any atom is 0.109 e. The van der Waals surface area contributed by atoms with E-state index in [2.05, 4.69) is 89.8 Å². The van der Waals surface area contributed by atoms with Crippen molar-refractivity contribution in [1.29, 1.82) is 0 Å². The molecule has 1 heterocycles. The van der Waals surface area contributed by atoms with Crippen LogP contribution >= 0.6 is 0 Å². The molecule has 2 nitrogen and oxygen atoms in total. The average Bonchev–Trinajstić information content (AvgIpc) is 2.92. The molecule has 2 heteroatoms. The van der Waals surface area contributed by atoms with Gasteiger partial charge in [-0.3, -0.25) is 0 Å². The lowest BCUT2D eigenvalue weighted by Gasteiger charge is -2.32. The summed E-state index contributed by atoms with van der Waals surface area (Å²) in [5.74, 6) is 0. The Bertz CT molecular complexity index is 562. The molecule has 3 rings (SSSR count). The van der Waals surface area contributed by atoms with Crippen molar-refractivity contribution in [2.45, 2.75) is 19.5 Å². The molecule has 0 aliphatic carbocycles. The molecule has 2 aromatic rings. The minimum absolute atomic E-state index is 0.366. The third-order valence-electron chi connectivity index (χ3n) is 3.80. The van der Waals surface area contributed by atoms with Gasteiger partial charge in [0.2, 0.25) is 0 Å². The lowest BCUT2D eigenvalue weighted by Crippen LogP contribution is -2.40. The van der Waals surface area contributed by atoms with Crippen LogP contribution in [0.2, 0.25) is 0 Å². The van der Waals surface area contributed by atoms with E-state index in [-0.39, 0.29) is 0 Å². The summed E-state index contributed by atoms with van der Waals surface area (Å²) in [6.45, 7) is 3.23. The largest absolute Gasteiger partial charge is 0.356 e. The number of para-hydroxylation sites is 1. The minimum Gasteiger partial charge on any atom is -0.356 e. The van der Waals surface area contributed by atoms with Crippen LogP contribution in [0, 0.1) is 0 Å². The minimum atomic E-state index is 0.366. The van der Waals surface area contributed by atoms with Crippen LogP contribution in [0.3, 0.4) is 0 Å². The van der Waals surface area contributed by atoms with Gasteiger partial charge in [-0.15, -0.1) is 0 Å². The van der Waals surface area contributed by atoms with Crippen LogP contribution in [0.5, 0.6) is 0 Å². The number of hydrogen-bond donors (Lipinski definition) is 0. The molecule has 1 unspecified atom stereocenters. The van der Waals surface area contributed by atoms with Crippen LogP contribution in [-0.4, -0.2) is 17.6 Å². The first-order valence-electron chi connectivity index (χ1n) is 7.20. The highest BCUT2D eigenvalue weighted by Gasteiger charge is 2.26. The summed E-state index contributed by atoms with van der Waals surface area (Å²) in [7, 11) is 0. The molecule has 0 saturated heterocycles. The van der Waals surface area contributed by atoms with Crippen LogP contribution in [-0.2, 0) is 6.42 Å². The van der Waals surface area contributed by atoms with Crippen LogP contribution in [0.4, 0.5) is 5.69 Å². The molecule has 1 aliphatic rings. The first-order chi connectivity index (χ1) is 9.88. The third-order valence-corrected chi connectivity index (χ3v) is 3.80. The van der Waals surface area contributed by atoms with Gasteiger partial charge in [-0.25, -0.2) is 0 Å². The zero-order chi connectivity index (χ0) is 13.8. The second-order valence-corrected chi connectivity index (χ2v) is 5.04. The Hall–Kier alpha value is -2.22. The fourth-order valence-corrected chi connectivity index (χ4v) is 2.73. The zero-order valence-corrected chi connectivity index (χ0v) is 11.8. The van der Waals surface area contributed by atoms with Gasteiger partial charge in [0.25, 0.3) is 0 Å². The van der Waals surface area contributed by atoms with E-state index in [0.717, 1.165) is 13.0 Å². The van der Waals surface area contributed by atoms with Crippen molar-refractivity contribution in [2.24, 2.45) is 0 Å². The van der Waals surface area contributed by atoms with Gasteiger partial charge >= 0.3 is 0 Å². The lowest BCUT2D eigenvalue weighted by molar-refractivity contribution is 0.312. The SMILES string of the molecule is CCN1C=CN(c2ccccc2)C1Cc1ccccc1. The molecule has 0 radical (unpaired) electrons. The molecule has 0 bridgehead atoms. The summed E-state index contributed by atoms with van der Waals surface area (Å²) in [4.78, 5) is 4.75. The molecular weight excluding hydrogens is 244 g/mol. The Morgan fingerprint density at radius 3 is 2.15 bits per heavy atom. The number of likely N-dealkylation sites (N-methyl/N-ethyl adjacent to an activating group) is 1. The predicted molar refractivity (Wildman–Crippen MR) is 84.4 cm³/mol. The van der Waals surface area contributed by atoms with Gasteiger partial charge < -0.3 is 9.80 Å². The Balaban J connectivity index is 1.85. The molecule has 1 atom stereocenters. The topological polar surface area (TPSA) is 6.48 Å². The molecule has 0 fully saturated rings. The van der Waals surface area contributed by atoms with E-state index in [1.54, 1.807) is 0 Å². The normalized spacial score (nSPS) is 17.8. The van der Waals surface area contributed by atoms with Gasteiger partial charge in [0.1, 0.15) is 6.17 Å². The quantitative estimate of drug-likeness (QED) is 0.827. The maximum absolute atomic E-state index is 2.39. The van der Waals surface area contributed by atoms with E-state index in [9.17, 15) is 0 Å². The fraction of sp³-hybridized carbons (Fsp3) is 0.222. The van der Waals surface area contributed by atoms with Crippen LogP contribution < -0.4 is 4.90 Å². The number of anilines is 1. The first-order valence-corrected chi connectivity index (χ1v) is 7.20. The van der Waals surface area contributed by atoms with Gasteiger partial charge in [0, 0.05) is 31.1 Å². The fourth-order valence-electron chi connectivity index (χ4n) is 2.73. The van der Waals surface area contributed by atoms with Gasteiger partial charge in [0.15, 0.2) is 0 Å². The highest BCUT2D eigenvalue weighted by atomic mass is 15.4. The number of rotatable bonds is 4. The molecule has 0 saturated carbocycles. The highest BCUT2D eigenvalue weighted by molar-refractivity contribution is 5.51. The smallest absolute Gasteiger partial charge is 0.109 e. The van der Waals surface area contributed by atoms with Crippen molar-refractivity contribution in [3.05, 3.63) is 78.6 Å². The zero-order valence-electron chi connectivity index (χ0n) is 11.8. The van der Waals surface area contributed by atoms with Crippen LogP contribution in [0.25, 0.3) is 0 Å². The first kappa shape index (κ1) is 12.8. The third kappa shape index (κ3) is 2.55. The molecule has 0 aromatic heterocycles. The summed E-state index contributed by atoms with van der Waals surface area (Å²) in [5.41, 5.74) is 2.63. The molecule has 0 N–H and O–H groups in total. The summed E-state index contributed by atoms with van der Waals surface area (Å²) in [6, 6.07) is 21.3. The average molecular weight is 264 g/mol. The second-order valence-electron chi connectivity index (χ2n) is 5.04. The number of nitrogens with zero attached hydrogens (tertiary/aromatic N) is 2. The van der Waals surface area contributed by atoms with E-state index in [0.29, 0.717) is 6.17 Å². The van der Waals surface area contributed by atoms with E-state index < -0.39 is 0 Å². The van der Waals surface area contributed by atoms with Gasteiger partial charge in [-0.2, -0.15) is 0 Å².